The fourth-order valence-corrected chi connectivity index (χ4v) is 2.02. The molecule has 17 heavy (non-hydrogen) atoms. The Labute approximate surface area is 111 Å². The van der Waals surface area contributed by atoms with Gasteiger partial charge in [-0.25, -0.2) is 0 Å². The molecule has 2 aromatic rings. The third-order valence-electron chi connectivity index (χ3n) is 2.66. The molecule has 1 aromatic carbocycles. The van der Waals surface area contributed by atoms with Crippen LogP contribution in [-0.2, 0) is 0 Å². The molecule has 0 bridgehead atoms. The molecule has 1 aromatic heterocycles. The maximum atomic E-state index is 5.86. The number of hydrogen-bond acceptors (Lipinski definition) is 2. The minimum absolute atomic E-state index is 0.418. The molecule has 0 aliphatic rings. The van der Waals surface area contributed by atoms with E-state index >= 15 is 0 Å². The first kappa shape index (κ1) is 12.3. The first-order valence-electron chi connectivity index (χ1n) is 5.43. The van der Waals surface area contributed by atoms with Gasteiger partial charge in [-0.3, -0.25) is 5.10 Å². The summed E-state index contributed by atoms with van der Waals surface area (Å²) in [5.41, 5.74) is 3.28. The number of rotatable bonds is 2. The molecule has 1 heterocycles. The van der Waals surface area contributed by atoms with E-state index in [1.54, 1.807) is 6.07 Å². The monoisotopic (exact) mass is 264 g/mol. The molecule has 4 heteroatoms. The van der Waals surface area contributed by atoms with Crippen LogP contribution in [0.5, 0.6) is 0 Å². The predicted octanol–water partition coefficient (Wildman–Crippen LogP) is 4.58. The summed E-state index contributed by atoms with van der Waals surface area (Å²) in [5.74, 6) is 0.527. The Morgan fingerprint density at radius 1 is 1.24 bits per heavy atom. The van der Waals surface area contributed by atoms with Gasteiger partial charge in [0.25, 0.3) is 0 Å². The van der Waals surface area contributed by atoms with E-state index in [2.05, 4.69) is 48.3 Å². The van der Waals surface area contributed by atoms with E-state index in [0.717, 1.165) is 11.1 Å². The summed E-state index contributed by atoms with van der Waals surface area (Å²) in [5, 5.41) is 7.00. The highest BCUT2D eigenvalue weighted by molar-refractivity contribution is 7.71. The van der Waals surface area contributed by atoms with Gasteiger partial charge in [-0.05, 0) is 23.1 Å². The number of aromatic nitrogens is 2. The highest BCUT2D eigenvalue weighted by Crippen LogP contribution is 2.24. The van der Waals surface area contributed by atoms with Gasteiger partial charge in [0.2, 0.25) is 0 Å². The Balaban J connectivity index is 2.46. The van der Waals surface area contributed by atoms with Gasteiger partial charge in [0, 0.05) is 5.56 Å². The van der Waals surface area contributed by atoms with Crippen LogP contribution in [0.3, 0.4) is 0 Å². The minimum Gasteiger partial charge on any atom is -0.266 e. The molecule has 0 aliphatic heterocycles. The first-order valence-corrected chi connectivity index (χ1v) is 6.22. The van der Waals surface area contributed by atoms with Crippen LogP contribution >= 0.6 is 23.8 Å². The number of nitrogens with one attached hydrogen (secondary N) is 1. The fourth-order valence-electron chi connectivity index (χ4n) is 1.64. The van der Waals surface area contributed by atoms with Gasteiger partial charge in [-0.15, -0.1) is 0 Å². The lowest BCUT2D eigenvalue weighted by Gasteiger charge is -2.07. The molecule has 0 aliphatic carbocycles. The number of hydrogen-bond donors (Lipinski definition) is 1. The average Bonchev–Trinajstić information content (AvgIpc) is 2.32. The topological polar surface area (TPSA) is 28.7 Å². The Bertz CT molecular complexity index is 573. The van der Waals surface area contributed by atoms with Gasteiger partial charge in [0.15, 0.2) is 0 Å². The summed E-state index contributed by atoms with van der Waals surface area (Å²) >= 11 is 11.1. The second-order valence-electron chi connectivity index (χ2n) is 4.21. The van der Waals surface area contributed by atoms with Crippen LogP contribution in [0.4, 0.5) is 0 Å². The minimum atomic E-state index is 0.418. The van der Waals surface area contributed by atoms with Gasteiger partial charge >= 0.3 is 0 Å². The molecule has 0 amide bonds. The summed E-state index contributed by atoms with van der Waals surface area (Å²) in [6.07, 6.45) is 0. The van der Waals surface area contributed by atoms with Crippen LogP contribution in [0.15, 0.2) is 30.3 Å². The van der Waals surface area contributed by atoms with Crippen LogP contribution < -0.4 is 0 Å². The van der Waals surface area contributed by atoms with Gasteiger partial charge in [-0.1, -0.05) is 61.9 Å². The Hall–Kier alpha value is -1.19. The van der Waals surface area contributed by atoms with Gasteiger partial charge < -0.3 is 0 Å². The van der Waals surface area contributed by atoms with E-state index in [9.17, 15) is 0 Å². The Kier molecular flexibility index (Phi) is 3.60. The highest BCUT2D eigenvalue weighted by Gasteiger charge is 2.04. The fraction of sp³-hybridized carbons (Fsp3) is 0.231. The quantitative estimate of drug-likeness (QED) is 0.804. The number of nitrogens with zero attached hydrogens (tertiary/aromatic N) is 1. The molecule has 0 spiro atoms. The summed E-state index contributed by atoms with van der Waals surface area (Å²) < 4.78 is 0.603. The van der Waals surface area contributed by atoms with Crippen LogP contribution in [-0.4, -0.2) is 10.2 Å². The van der Waals surface area contributed by atoms with Crippen molar-refractivity contribution in [2.45, 2.75) is 19.8 Å². The molecule has 88 valence electrons. The van der Waals surface area contributed by atoms with E-state index in [4.69, 9.17) is 23.8 Å². The van der Waals surface area contributed by atoms with E-state index in [1.807, 2.05) is 0 Å². The summed E-state index contributed by atoms with van der Waals surface area (Å²) in [7, 11) is 0. The van der Waals surface area contributed by atoms with Gasteiger partial charge in [0.05, 0.1) is 0 Å². The predicted molar refractivity (Wildman–Crippen MR) is 74.0 cm³/mol. The largest absolute Gasteiger partial charge is 0.266 e. The van der Waals surface area contributed by atoms with Crippen molar-refractivity contribution >= 4 is 23.8 Å². The van der Waals surface area contributed by atoms with Crippen molar-refractivity contribution in [3.05, 3.63) is 45.7 Å². The van der Waals surface area contributed by atoms with E-state index in [-0.39, 0.29) is 0 Å². The number of aromatic amines is 1. The first-order chi connectivity index (χ1) is 8.08. The van der Waals surface area contributed by atoms with Crippen molar-refractivity contribution < 1.29 is 0 Å². The number of benzene rings is 1. The van der Waals surface area contributed by atoms with E-state index in [1.165, 1.54) is 5.56 Å². The molecular formula is C13H13ClN2S. The summed E-state index contributed by atoms with van der Waals surface area (Å²) in [6.45, 7) is 4.34. The summed E-state index contributed by atoms with van der Waals surface area (Å²) in [4.78, 5) is 0. The Morgan fingerprint density at radius 3 is 2.47 bits per heavy atom. The van der Waals surface area contributed by atoms with Crippen molar-refractivity contribution in [2.24, 2.45) is 0 Å². The third-order valence-corrected chi connectivity index (χ3v) is 3.17. The van der Waals surface area contributed by atoms with Crippen LogP contribution in [0.25, 0.3) is 11.1 Å². The molecule has 0 saturated carbocycles. The SMILES string of the molecule is CC(C)c1ccc(-c2cc(Cl)n[nH]c2=S)cc1. The lowest BCUT2D eigenvalue weighted by atomic mass is 10.00. The lowest BCUT2D eigenvalue weighted by Crippen LogP contribution is -1.90. The average molecular weight is 265 g/mol. The van der Waals surface area contributed by atoms with Crippen molar-refractivity contribution in [3.63, 3.8) is 0 Å². The highest BCUT2D eigenvalue weighted by atomic mass is 35.5. The van der Waals surface area contributed by atoms with Gasteiger partial charge in [-0.2, -0.15) is 5.10 Å². The van der Waals surface area contributed by atoms with Crippen LogP contribution in [0.2, 0.25) is 5.15 Å². The molecule has 0 radical (unpaired) electrons. The second kappa shape index (κ2) is 4.98. The third kappa shape index (κ3) is 2.73. The molecule has 0 unspecified atom stereocenters. The molecular weight excluding hydrogens is 252 g/mol. The van der Waals surface area contributed by atoms with Gasteiger partial charge in [0.1, 0.15) is 9.79 Å². The normalized spacial score (nSPS) is 10.8. The molecule has 1 N–H and O–H groups in total. The van der Waals surface area contributed by atoms with E-state index < -0.39 is 0 Å². The molecule has 0 saturated heterocycles. The molecule has 2 nitrogen and oxygen atoms in total. The van der Waals surface area contributed by atoms with Crippen molar-refractivity contribution in [1.29, 1.82) is 0 Å². The van der Waals surface area contributed by atoms with Crippen LogP contribution in [0, 0.1) is 4.64 Å². The maximum Gasteiger partial charge on any atom is 0.150 e. The molecule has 0 fully saturated rings. The number of halogens is 1. The van der Waals surface area contributed by atoms with Crippen molar-refractivity contribution in [2.75, 3.05) is 0 Å². The van der Waals surface area contributed by atoms with Crippen LogP contribution in [0.1, 0.15) is 25.3 Å². The Morgan fingerprint density at radius 2 is 1.88 bits per heavy atom. The van der Waals surface area contributed by atoms with E-state index in [0.29, 0.717) is 15.7 Å². The number of H-pyrrole nitrogens is 1. The second-order valence-corrected chi connectivity index (χ2v) is 5.01. The molecule has 0 atom stereocenters. The zero-order valence-corrected chi connectivity index (χ0v) is 11.3. The smallest absolute Gasteiger partial charge is 0.150 e. The molecule has 2 rings (SSSR count). The zero-order valence-electron chi connectivity index (χ0n) is 9.70. The van der Waals surface area contributed by atoms with Crippen molar-refractivity contribution in [3.8, 4) is 11.1 Å². The van der Waals surface area contributed by atoms with Crippen molar-refractivity contribution in [1.82, 2.24) is 10.2 Å². The lowest BCUT2D eigenvalue weighted by molar-refractivity contribution is 0.867. The maximum absolute atomic E-state index is 5.86. The summed E-state index contributed by atoms with van der Waals surface area (Å²) in [6, 6.07) is 10.1. The standard InChI is InChI=1S/C13H13ClN2S/c1-8(2)9-3-5-10(6-4-9)11-7-12(14)15-16-13(11)17/h3-8H,1-2H3,(H,16,17). The zero-order chi connectivity index (χ0) is 12.4.